The van der Waals surface area contributed by atoms with E-state index >= 15 is 0 Å². The van der Waals surface area contributed by atoms with Crippen molar-refractivity contribution in [3.8, 4) is 5.75 Å². The summed E-state index contributed by atoms with van der Waals surface area (Å²) in [4.78, 5) is 0. The molecule has 3 heteroatoms. The minimum Gasteiger partial charge on any atom is -0.489 e. The van der Waals surface area contributed by atoms with Crippen molar-refractivity contribution in [2.75, 3.05) is 6.54 Å². The van der Waals surface area contributed by atoms with E-state index in [1.54, 1.807) is 0 Å². The molecule has 1 N–H and O–H groups in total. The van der Waals surface area contributed by atoms with Crippen LogP contribution in [0.5, 0.6) is 5.75 Å². The fourth-order valence-electron chi connectivity index (χ4n) is 2.53. The van der Waals surface area contributed by atoms with Crippen molar-refractivity contribution in [2.45, 2.75) is 71.4 Å². The molecule has 1 atom stereocenters. The zero-order chi connectivity index (χ0) is 15.4. The van der Waals surface area contributed by atoms with Crippen molar-refractivity contribution >= 4 is 11.6 Å². The summed E-state index contributed by atoms with van der Waals surface area (Å²) in [6, 6.07) is 4.89. The van der Waals surface area contributed by atoms with Gasteiger partial charge in [-0.1, -0.05) is 38.8 Å². The molecule has 0 aliphatic heterocycles. The van der Waals surface area contributed by atoms with Gasteiger partial charge in [-0.2, -0.15) is 0 Å². The number of nitrogens with one attached hydrogen (secondary N) is 1. The van der Waals surface area contributed by atoms with Crippen LogP contribution in [0.1, 0.15) is 63.5 Å². The van der Waals surface area contributed by atoms with E-state index in [4.69, 9.17) is 16.3 Å². The number of aryl methyl sites for hydroxylation is 1. The summed E-state index contributed by atoms with van der Waals surface area (Å²) in [5.41, 5.74) is 2.29. The molecule has 0 aromatic heterocycles. The molecule has 1 fully saturated rings. The highest BCUT2D eigenvalue weighted by molar-refractivity contribution is 6.31. The lowest BCUT2D eigenvalue weighted by atomic mass is 10.0. The molecule has 118 valence electrons. The number of rotatable bonds is 8. The van der Waals surface area contributed by atoms with Gasteiger partial charge in [0, 0.05) is 17.6 Å². The Balaban J connectivity index is 2.08. The van der Waals surface area contributed by atoms with E-state index in [1.807, 2.05) is 6.07 Å². The zero-order valence-corrected chi connectivity index (χ0v) is 14.5. The molecule has 1 unspecified atom stereocenters. The first-order chi connectivity index (χ1) is 10.0. The van der Waals surface area contributed by atoms with Crippen LogP contribution in [0, 0.1) is 6.92 Å². The van der Waals surface area contributed by atoms with Crippen LogP contribution in [0.2, 0.25) is 5.02 Å². The number of ether oxygens (including phenoxy) is 1. The third-order valence-corrected chi connectivity index (χ3v) is 4.36. The van der Waals surface area contributed by atoms with Gasteiger partial charge in [-0.3, -0.25) is 0 Å². The average molecular weight is 310 g/mol. The third kappa shape index (κ3) is 4.89. The summed E-state index contributed by atoms with van der Waals surface area (Å²) in [7, 11) is 0. The maximum absolute atomic E-state index is 6.34. The molecule has 0 heterocycles. The molecule has 0 saturated heterocycles. The van der Waals surface area contributed by atoms with Crippen LogP contribution >= 0.6 is 11.6 Å². The fourth-order valence-corrected chi connectivity index (χ4v) is 2.96. The first-order valence-corrected chi connectivity index (χ1v) is 8.59. The summed E-state index contributed by atoms with van der Waals surface area (Å²) >= 11 is 6.34. The maximum Gasteiger partial charge on any atom is 0.123 e. The van der Waals surface area contributed by atoms with Gasteiger partial charge in [-0.15, -0.1) is 0 Å². The Morgan fingerprint density at radius 3 is 2.62 bits per heavy atom. The highest BCUT2D eigenvalue weighted by atomic mass is 35.5. The number of halogens is 1. The highest BCUT2D eigenvalue weighted by Crippen LogP contribution is 2.32. The van der Waals surface area contributed by atoms with E-state index in [9.17, 15) is 0 Å². The van der Waals surface area contributed by atoms with Crippen LogP contribution in [-0.2, 0) is 0 Å². The quantitative estimate of drug-likeness (QED) is 0.723. The van der Waals surface area contributed by atoms with Gasteiger partial charge in [0.1, 0.15) is 11.9 Å². The standard InChI is InChI=1S/C18H28ClNO/c1-5-6-15(11-20-14-7-8-14)21-18-10-16(12(2)3)17(19)9-13(18)4/h9-10,12,14-15,20H,5-8,11H2,1-4H3. The second kappa shape index (κ2) is 7.51. The van der Waals surface area contributed by atoms with E-state index in [1.165, 1.54) is 18.4 Å². The normalized spacial score (nSPS) is 16.3. The predicted molar refractivity (Wildman–Crippen MR) is 90.6 cm³/mol. The smallest absolute Gasteiger partial charge is 0.123 e. The van der Waals surface area contributed by atoms with E-state index in [2.05, 4.69) is 39.1 Å². The van der Waals surface area contributed by atoms with E-state index in [0.717, 1.165) is 41.8 Å². The van der Waals surface area contributed by atoms with Crippen LogP contribution in [0.15, 0.2) is 12.1 Å². The molecule has 0 radical (unpaired) electrons. The van der Waals surface area contributed by atoms with Gasteiger partial charge in [-0.05, 0) is 55.4 Å². The van der Waals surface area contributed by atoms with E-state index in [0.29, 0.717) is 5.92 Å². The van der Waals surface area contributed by atoms with Gasteiger partial charge in [0.05, 0.1) is 0 Å². The average Bonchev–Trinajstić information content (AvgIpc) is 3.22. The molecular formula is C18H28ClNO. The Hall–Kier alpha value is -0.730. The Morgan fingerprint density at radius 2 is 2.05 bits per heavy atom. The minimum atomic E-state index is 0.246. The second-order valence-corrected chi connectivity index (χ2v) is 6.91. The molecule has 0 bridgehead atoms. The Bertz CT molecular complexity index is 469. The van der Waals surface area contributed by atoms with Crippen molar-refractivity contribution in [1.29, 1.82) is 0 Å². The van der Waals surface area contributed by atoms with Crippen LogP contribution in [0.4, 0.5) is 0 Å². The van der Waals surface area contributed by atoms with Crippen LogP contribution in [0.3, 0.4) is 0 Å². The largest absolute Gasteiger partial charge is 0.489 e. The molecule has 21 heavy (non-hydrogen) atoms. The number of benzene rings is 1. The SMILES string of the molecule is CCCC(CNC1CC1)Oc1cc(C(C)C)c(Cl)cc1C. The van der Waals surface area contributed by atoms with Gasteiger partial charge in [0.2, 0.25) is 0 Å². The highest BCUT2D eigenvalue weighted by Gasteiger charge is 2.22. The molecule has 1 aromatic carbocycles. The molecule has 2 rings (SSSR count). The van der Waals surface area contributed by atoms with Crippen molar-refractivity contribution in [3.63, 3.8) is 0 Å². The first-order valence-electron chi connectivity index (χ1n) is 8.21. The lowest BCUT2D eigenvalue weighted by Gasteiger charge is -2.22. The molecule has 2 nitrogen and oxygen atoms in total. The molecule has 1 aliphatic rings. The molecule has 1 saturated carbocycles. The third-order valence-electron chi connectivity index (χ3n) is 4.03. The molecule has 1 aliphatic carbocycles. The van der Waals surface area contributed by atoms with E-state index in [-0.39, 0.29) is 6.10 Å². The fraction of sp³-hybridized carbons (Fsp3) is 0.667. The lowest BCUT2D eigenvalue weighted by Crippen LogP contribution is -2.32. The molecule has 0 spiro atoms. The predicted octanol–water partition coefficient (Wildman–Crippen LogP) is 5.07. The molecule has 1 aromatic rings. The number of hydrogen-bond acceptors (Lipinski definition) is 2. The van der Waals surface area contributed by atoms with Gasteiger partial charge >= 0.3 is 0 Å². The Kier molecular flexibility index (Phi) is 5.95. The van der Waals surface area contributed by atoms with Gasteiger partial charge in [0.25, 0.3) is 0 Å². The maximum atomic E-state index is 6.34. The van der Waals surface area contributed by atoms with Crippen LogP contribution < -0.4 is 10.1 Å². The van der Waals surface area contributed by atoms with Crippen molar-refractivity contribution in [3.05, 3.63) is 28.3 Å². The van der Waals surface area contributed by atoms with Gasteiger partial charge in [0.15, 0.2) is 0 Å². The van der Waals surface area contributed by atoms with Gasteiger partial charge < -0.3 is 10.1 Å². The van der Waals surface area contributed by atoms with Crippen molar-refractivity contribution in [1.82, 2.24) is 5.32 Å². The van der Waals surface area contributed by atoms with Gasteiger partial charge in [-0.25, -0.2) is 0 Å². The van der Waals surface area contributed by atoms with Crippen LogP contribution in [0.25, 0.3) is 0 Å². The minimum absolute atomic E-state index is 0.246. The Morgan fingerprint density at radius 1 is 1.33 bits per heavy atom. The summed E-state index contributed by atoms with van der Waals surface area (Å²) < 4.78 is 6.29. The summed E-state index contributed by atoms with van der Waals surface area (Å²) in [6.07, 6.45) is 5.10. The molecule has 0 amide bonds. The van der Waals surface area contributed by atoms with Crippen molar-refractivity contribution < 1.29 is 4.74 Å². The monoisotopic (exact) mass is 309 g/mol. The summed E-state index contributed by atoms with van der Waals surface area (Å²) in [5, 5.41) is 4.42. The topological polar surface area (TPSA) is 21.3 Å². The summed E-state index contributed by atoms with van der Waals surface area (Å²) in [6.45, 7) is 9.55. The molecular weight excluding hydrogens is 282 g/mol. The number of hydrogen-bond donors (Lipinski definition) is 1. The lowest BCUT2D eigenvalue weighted by molar-refractivity contribution is 0.184. The second-order valence-electron chi connectivity index (χ2n) is 6.50. The summed E-state index contributed by atoms with van der Waals surface area (Å²) in [5.74, 6) is 1.40. The van der Waals surface area contributed by atoms with E-state index < -0.39 is 0 Å². The van der Waals surface area contributed by atoms with Crippen LogP contribution in [-0.4, -0.2) is 18.7 Å². The first kappa shape index (κ1) is 16.6. The van der Waals surface area contributed by atoms with Crippen molar-refractivity contribution in [2.24, 2.45) is 0 Å². The zero-order valence-electron chi connectivity index (χ0n) is 13.7. The Labute approximate surface area is 134 Å².